The fourth-order valence-electron chi connectivity index (χ4n) is 2.72. The molecule has 1 aliphatic heterocycles. The topological polar surface area (TPSA) is 25.4 Å². The Morgan fingerprint density at radius 3 is 2.91 bits per heavy atom. The van der Waals surface area contributed by atoms with Crippen LogP contribution >= 0.6 is 22.9 Å². The summed E-state index contributed by atoms with van der Waals surface area (Å²) < 4.78 is 5.87. The van der Waals surface area contributed by atoms with Gasteiger partial charge in [-0.05, 0) is 51.4 Å². The van der Waals surface area contributed by atoms with Crippen LogP contribution in [0.4, 0.5) is 0 Å². The first-order valence-corrected chi connectivity index (χ1v) is 9.00. The van der Waals surface area contributed by atoms with Crippen molar-refractivity contribution in [3.8, 4) is 16.5 Å². The van der Waals surface area contributed by atoms with E-state index >= 15 is 0 Å². The molecule has 0 bridgehead atoms. The zero-order chi connectivity index (χ0) is 15.4. The highest BCUT2D eigenvalue weighted by Gasteiger charge is 2.13. The summed E-state index contributed by atoms with van der Waals surface area (Å²) in [4.78, 5) is 8.24. The van der Waals surface area contributed by atoms with Crippen molar-refractivity contribution in [1.29, 1.82) is 0 Å². The molecule has 1 aliphatic rings. The van der Waals surface area contributed by atoms with Gasteiger partial charge in [0.2, 0.25) is 5.88 Å². The summed E-state index contributed by atoms with van der Waals surface area (Å²) in [7, 11) is 0. The summed E-state index contributed by atoms with van der Waals surface area (Å²) in [6.07, 6.45) is 3.74. The van der Waals surface area contributed by atoms with Gasteiger partial charge >= 0.3 is 0 Å². The van der Waals surface area contributed by atoms with Crippen LogP contribution in [0.2, 0.25) is 5.02 Å². The predicted octanol–water partition coefficient (Wildman–Crippen LogP) is 4.64. The van der Waals surface area contributed by atoms with Crippen LogP contribution in [-0.2, 0) is 0 Å². The van der Waals surface area contributed by atoms with Gasteiger partial charge in [0.25, 0.3) is 0 Å². The predicted molar refractivity (Wildman–Crippen MR) is 93.1 cm³/mol. The number of aromatic nitrogens is 1. The first kappa shape index (κ1) is 15.8. The number of hydrogen-bond acceptors (Lipinski definition) is 4. The lowest BCUT2D eigenvalue weighted by atomic mass is 10.2. The molecule has 0 saturated carbocycles. The van der Waals surface area contributed by atoms with E-state index in [0.29, 0.717) is 0 Å². The number of likely N-dealkylation sites (tertiary alicyclic amines) is 1. The molecule has 2 aromatic rings. The van der Waals surface area contributed by atoms with Crippen LogP contribution in [0.25, 0.3) is 10.6 Å². The molecule has 3 nitrogen and oxygen atoms in total. The third-order valence-corrected chi connectivity index (χ3v) is 5.12. The van der Waals surface area contributed by atoms with E-state index in [4.69, 9.17) is 16.3 Å². The van der Waals surface area contributed by atoms with E-state index in [1.807, 2.05) is 24.3 Å². The third kappa shape index (κ3) is 4.00. The molecule has 0 spiro atoms. The first-order valence-electron chi connectivity index (χ1n) is 7.81. The van der Waals surface area contributed by atoms with Gasteiger partial charge in [0.05, 0.1) is 11.5 Å². The Hall–Kier alpha value is -1.10. The van der Waals surface area contributed by atoms with Gasteiger partial charge in [-0.15, -0.1) is 11.3 Å². The summed E-state index contributed by atoms with van der Waals surface area (Å²) in [6, 6.07) is 7.80. The summed E-state index contributed by atoms with van der Waals surface area (Å²) >= 11 is 7.70. The molecule has 3 rings (SSSR count). The van der Waals surface area contributed by atoms with Crippen molar-refractivity contribution in [3.05, 3.63) is 34.2 Å². The SMILES string of the molecule is Cc1sc(-c2cccc(Cl)c2)nc1OCCCN1CCCC1. The minimum Gasteiger partial charge on any atom is -0.477 e. The molecule has 22 heavy (non-hydrogen) atoms. The molecular formula is C17H21ClN2OS. The van der Waals surface area contributed by atoms with E-state index < -0.39 is 0 Å². The Morgan fingerprint density at radius 2 is 2.14 bits per heavy atom. The highest BCUT2D eigenvalue weighted by Crippen LogP contribution is 2.32. The Kier molecular flexibility index (Phi) is 5.34. The number of benzene rings is 1. The molecule has 1 saturated heterocycles. The average Bonchev–Trinajstić information content (AvgIpc) is 3.14. The van der Waals surface area contributed by atoms with E-state index in [1.165, 1.54) is 25.9 Å². The molecule has 0 unspecified atom stereocenters. The minimum atomic E-state index is 0.732. The molecule has 118 valence electrons. The fraction of sp³-hybridized carbons (Fsp3) is 0.471. The monoisotopic (exact) mass is 336 g/mol. The van der Waals surface area contributed by atoms with Crippen LogP contribution < -0.4 is 4.74 Å². The second kappa shape index (κ2) is 7.44. The molecular weight excluding hydrogens is 316 g/mol. The molecule has 1 aromatic heterocycles. The van der Waals surface area contributed by atoms with Gasteiger partial charge in [-0.3, -0.25) is 0 Å². The lowest BCUT2D eigenvalue weighted by Gasteiger charge is -2.13. The molecule has 0 amide bonds. The van der Waals surface area contributed by atoms with Crippen molar-refractivity contribution in [2.45, 2.75) is 26.2 Å². The number of rotatable bonds is 6. The van der Waals surface area contributed by atoms with Gasteiger partial charge in [-0.25, -0.2) is 4.98 Å². The van der Waals surface area contributed by atoms with Crippen LogP contribution in [-0.4, -0.2) is 36.1 Å². The number of aryl methyl sites for hydroxylation is 1. The largest absolute Gasteiger partial charge is 0.477 e. The maximum atomic E-state index is 6.05. The summed E-state index contributed by atoms with van der Waals surface area (Å²) in [5.74, 6) is 0.765. The van der Waals surface area contributed by atoms with Gasteiger partial charge in [0, 0.05) is 17.1 Å². The van der Waals surface area contributed by atoms with E-state index in [1.54, 1.807) is 11.3 Å². The highest BCUT2D eigenvalue weighted by atomic mass is 35.5. The molecule has 1 fully saturated rings. The van der Waals surface area contributed by atoms with E-state index in [0.717, 1.165) is 45.9 Å². The first-order chi connectivity index (χ1) is 10.7. The Bertz CT molecular complexity index is 623. The molecule has 0 radical (unpaired) electrons. The standard InChI is InChI=1S/C17H21ClN2OS/c1-13-16(21-11-5-10-20-8-2-3-9-20)19-17(22-13)14-6-4-7-15(18)12-14/h4,6-7,12H,2-3,5,8-11H2,1H3. The zero-order valence-corrected chi connectivity index (χ0v) is 14.4. The Balaban J connectivity index is 1.55. The maximum absolute atomic E-state index is 6.05. The minimum absolute atomic E-state index is 0.732. The normalized spacial score (nSPS) is 15.4. The smallest absolute Gasteiger partial charge is 0.227 e. The van der Waals surface area contributed by atoms with Crippen molar-refractivity contribution in [2.75, 3.05) is 26.2 Å². The van der Waals surface area contributed by atoms with Crippen molar-refractivity contribution < 1.29 is 4.74 Å². The number of nitrogens with zero attached hydrogens (tertiary/aromatic N) is 2. The molecule has 0 N–H and O–H groups in total. The van der Waals surface area contributed by atoms with Crippen molar-refractivity contribution in [1.82, 2.24) is 9.88 Å². The van der Waals surface area contributed by atoms with Crippen LogP contribution in [0, 0.1) is 6.92 Å². The van der Waals surface area contributed by atoms with Gasteiger partial charge in [-0.2, -0.15) is 0 Å². The zero-order valence-electron chi connectivity index (χ0n) is 12.8. The maximum Gasteiger partial charge on any atom is 0.227 e. The molecule has 0 atom stereocenters. The number of hydrogen-bond donors (Lipinski definition) is 0. The van der Waals surface area contributed by atoms with Gasteiger partial charge in [-0.1, -0.05) is 23.7 Å². The molecule has 5 heteroatoms. The van der Waals surface area contributed by atoms with E-state index in [-0.39, 0.29) is 0 Å². The number of thiazole rings is 1. The van der Waals surface area contributed by atoms with Crippen molar-refractivity contribution in [3.63, 3.8) is 0 Å². The van der Waals surface area contributed by atoms with Crippen LogP contribution in [0.1, 0.15) is 24.1 Å². The summed E-state index contributed by atoms with van der Waals surface area (Å²) in [6.45, 7) is 6.41. The second-order valence-corrected chi connectivity index (χ2v) is 7.28. The quantitative estimate of drug-likeness (QED) is 0.719. The Labute approximate surface area is 140 Å². The van der Waals surface area contributed by atoms with Crippen molar-refractivity contribution in [2.24, 2.45) is 0 Å². The lowest BCUT2D eigenvalue weighted by molar-refractivity contribution is 0.257. The number of ether oxygens (including phenoxy) is 1. The van der Waals surface area contributed by atoms with E-state index in [2.05, 4.69) is 16.8 Å². The van der Waals surface area contributed by atoms with Crippen LogP contribution in [0.15, 0.2) is 24.3 Å². The van der Waals surface area contributed by atoms with Crippen LogP contribution in [0.3, 0.4) is 0 Å². The number of halogens is 1. The van der Waals surface area contributed by atoms with Gasteiger partial charge in [0.15, 0.2) is 0 Å². The summed E-state index contributed by atoms with van der Waals surface area (Å²) in [5.41, 5.74) is 1.05. The molecule has 1 aromatic carbocycles. The Morgan fingerprint density at radius 1 is 1.32 bits per heavy atom. The van der Waals surface area contributed by atoms with Gasteiger partial charge in [0.1, 0.15) is 5.01 Å². The van der Waals surface area contributed by atoms with E-state index in [9.17, 15) is 0 Å². The van der Waals surface area contributed by atoms with Gasteiger partial charge < -0.3 is 9.64 Å². The average molecular weight is 337 g/mol. The lowest BCUT2D eigenvalue weighted by Crippen LogP contribution is -2.21. The van der Waals surface area contributed by atoms with Crippen molar-refractivity contribution >= 4 is 22.9 Å². The molecule has 2 heterocycles. The molecule has 0 aliphatic carbocycles. The van der Waals surface area contributed by atoms with Crippen LogP contribution in [0.5, 0.6) is 5.88 Å². The summed E-state index contributed by atoms with van der Waals surface area (Å²) in [5, 5.41) is 1.70. The fourth-order valence-corrected chi connectivity index (χ4v) is 3.77. The second-order valence-electron chi connectivity index (χ2n) is 5.64. The third-order valence-electron chi connectivity index (χ3n) is 3.88. The highest BCUT2D eigenvalue weighted by molar-refractivity contribution is 7.15.